The van der Waals surface area contributed by atoms with Crippen molar-refractivity contribution in [2.75, 3.05) is 17.7 Å². The minimum atomic E-state index is -0.0756. The van der Waals surface area contributed by atoms with Crippen LogP contribution in [0.25, 0.3) is 0 Å². The topological polar surface area (TPSA) is 55.0 Å². The van der Waals surface area contributed by atoms with Crippen LogP contribution in [0.2, 0.25) is 0 Å². The van der Waals surface area contributed by atoms with E-state index in [9.17, 15) is 0 Å². The van der Waals surface area contributed by atoms with Gasteiger partial charge >= 0.3 is 0 Å². The average Bonchev–Trinajstić information content (AvgIpc) is 3.08. The fraction of sp³-hybridized carbons (Fsp3) is 0.714. The summed E-state index contributed by atoms with van der Waals surface area (Å²) >= 11 is 0. The number of nitrogens with two attached hydrogens (primary N) is 1. The zero-order valence-corrected chi connectivity index (χ0v) is 12.1. The van der Waals surface area contributed by atoms with Gasteiger partial charge in [0.1, 0.15) is 17.5 Å². The van der Waals surface area contributed by atoms with Crippen LogP contribution in [0.15, 0.2) is 6.07 Å². The Hall–Kier alpha value is -1.32. The molecule has 0 amide bonds. The molecule has 4 heteroatoms. The van der Waals surface area contributed by atoms with Gasteiger partial charge in [-0.25, -0.2) is 9.97 Å². The van der Waals surface area contributed by atoms with Crippen molar-refractivity contribution in [3.05, 3.63) is 11.9 Å². The first-order valence-electron chi connectivity index (χ1n) is 6.67. The Kier molecular flexibility index (Phi) is 3.21. The third-order valence-electron chi connectivity index (χ3n) is 3.68. The second kappa shape index (κ2) is 4.41. The molecule has 1 fully saturated rings. The molecule has 1 unspecified atom stereocenters. The van der Waals surface area contributed by atoms with E-state index < -0.39 is 0 Å². The zero-order chi connectivity index (χ0) is 13.5. The van der Waals surface area contributed by atoms with E-state index in [4.69, 9.17) is 5.73 Å². The summed E-state index contributed by atoms with van der Waals surface area (Å²) in [5, 5.41) is 0. The van der Waals surface area contributed by atoms with Crippen molar-refractivity contribution in [1.29, 1.82) is 0 Å². The summed E-state index contributed by atoms with van der Waals surface area (Å²) < 4.78 is 0. The molecule has 2 rings (SSSR count). The minimum absolute atomic E-state index is 0.0756. The first-order chi connectivity index (χ1) is 8.29. The Morgan fingerprint density at radius 3 is 2.44 bits per heavy atom. The number of rotatable bonds is 3. The lowest BCUT2D eigenvalue weighted by atomic mass is 9.96. The average molecular weight is 248 g/mol. The standard InChI is InChI=1S/C14H24N4/c1-9(10-6-7-10)18(5)12-8-11(15)16-13(17-12)14(2,3)4/h8-10H,6-7H2,1-5H3,(H2,15,16,17). The lowest BCUT2D eigenvalue weighted by Gasteiger charge is -2.27. The van der Waals surface area contributed by atoms with Crippen molar-refractivity contribution in [2.45, 2.75) is 52.0 Å². The van der Waals surface area contributed by atoms with Gasteiger partial charge in [0.15, 0.2) is 0 Å². The molecular weight excluding hydrogens is 224 g/mol. The van der Waals surface area contributed by atoms with Gasteiger partial charge in [0.2, 0.25) is 0 Å². The van der Waals surface area contributed by atoms with Crippen LogP contribution >= 0.6 is 0 Å². The Bertz CT molecular complexity index is 432. The van der Waals surface area contributed by atoms with Gasteiger partial charge in [-0.3, -0.25) is 0 Å². The van der Waals surface area contributed by atoms with E-state index in [2.05, 4.69) is 49.6 Å². The van der Waals surface area contributed by atoms with Crippen LogP contribution in [0, 0.1) is 5.92 Å². The maximum Gasteiger partial charge on any atom is 0.138 e. The molecule has 0 saturated heterocycles. The minimum Gasteiger partial charge on any atom is -0.384 e. The molecule has 0 aliphatic heterocycles. The highest BCUT2D eigenvalue weighted by Crippen LogP contribution is 2.36. The Balaban J connectivity index is 2.29. The molecule has 2 N–H and O–H groups in total. The molecule has 1 heterocycles. The van der Waals surface area contributed by atoms with Crippen molar-refractivity contribution >= 4 is 11.6 Å². The van der Waals surface area contributed by atoms with Gasteiger partial charge < -0.3 is 10.6 Å². The number of hydrogen-bond donors (Lipinski definition) is 1. The molecule has 0 spiro atoms. The summed E-state index contributed by atoms with van der Waals surface area (Å²) in [7, 11) is 2.09. The second-order valence-electron chi connectivity index (χ2n) is 6.41. The highest BCUT2D eigenvalue weighted by Gasteiger charge is 2.31. The molecule has 100 valence electrons. The Labute approximate surface area is 110 Å². The van der Waals surface area contributed by atoms with Crippen LogP contribution in [0.5, 0.6) is 0 Å². The van der Waals surface area contributed by atoms with Gasteiger partial charge in [0.05, 0.1) is 0 Å². The first-order valence-corrected chi connectivity index (χ1v) is 6.67. The number of aromatic nitrogens is 2. The highest BCUT2D eigenvalue weighted by atomic mass is 15.2. The van der Waals surface area contributed by atoms with Crippen LogP contribution in [-0.4, -0.2) is 23.1 Å². The maximum atomic E-state index is 5.91. The summed E-state index contributed by atoms with van der Waals surface area (Å²) in [5.74, 6) is 3.11. The van der Waals surface area contributed by atoms with Crippen molar-refractivity contribution in [3.8, 4) is 0 Å². The van der Waals surface area contributed by atoms with Gasteiger partial charge in [-0.05, 0) is 25.7 Å². The van der Waals surface area contributed by atoms with Gasteiger partial charge in [0, 0.05) is 24.6 Å². The predicted molar refractivity (Wildman–Crippen MR) is 75.7 cm³/mol. The molecular formula is C14H24N4. The first kappa shape index (κ1) is 13.1. The normalized spacial score (nSPS) is 17.6. The van der Waals surface area contributed by atoms with Crippen LogP contribution in [-0.2, 0) is 5.41 Å². The molecule has 1 saturated carbocycles. The van der Waals surface area contributed by atoms with E-state index in [-0.39, 0.29) is 5.41 Å². The van der Waals surface area contributed by atoms with Crippen molar-refractivity contribution in [1.82, 2.24) is 9.97 Å². The van der Waals surface area contributed by atoms with E-state index in [0.717, 1.165) is 17.6 Å². The molecule has 1 aromatic rings. The van der Waals surface area contributed by atoms with Crippen molar-refractivity contribution < 1.29 is 0 Å². The van der Waals surface area contributed by atoms with E-state index in [1.807, 2.05) is 6.07 Å². The van der Waals surface area contributed by atoms with Crippen LogP contribution < -0.4 is 10.6 Å². The lowest BCUT2D eigenvalue weighted by molar-refractivity contribution is 0.540. The summed E-state index contributed by atoms with van der Waals surface area (Å²) in [6.07, 6.45) is 2.66. The fourth-order valence-electron chi connectivity index (χ4n) is 2.07. The zero-order valence-electron chi connectivity index (χ0n) is 12.1. The highest BCUT2D eigenvalue weighted by molar-refractivity contribution is 5.48. The van der Waals surface area contributed by atoms with Crippen molar-refractivity contribution in [3.63, 3.8) is 0 Å². The fourth-order valence-corrected chi connectivity index (χ4v) is 2.07. The Morgan fingerprint density at radius 1 is 1.33 bits per heavy atom. The number of nitrogen functional groups attached to an aromatic ring is 1. The quantitative estimate of drug-likeness (QED) is 0.893. The Morgan fingerprint density at radius 2 is 1.94 bits per heavy atom. The number of anilines is 2. The molecule has 4 nitrogen and oxygen atoms in total. The third-order valence-corrected chi connectivity index (χ3v) is 3.68. The SMILES string of the molecule is CC(C1CC1)N(C)c1cc(N)nc(C(C)(C)C)n1. The van der Waals surface area contributed by atoms with Crippen LogP contribution in [0.1, 0.15) is 46.4 Å². The van der Waals surface area contributed by atoms with Gasteiger partial charge in [-0.15, -0.1) is 0 Å². The van der Waals surface area contributed by atoms with E-state index in [1.165, 1.54) is 12.8 Å². The molecule has 0 radical (unpaired) electrons. The predicted octanol–water partition coefficient (Wildman–Crippen LogP) is 2.59. The molecule has 1 aliphatic rings. The molecule has 1 atom stereocenters. The van der Waals surface area contributed by atoms with Crippen LogP contribution in [0.3, 0.4) is 0 Å². The molecule has 0 bridgehead atoms. The molecule has 1 aromatic heterocycles. The second-order valence-corrected chi connectivity index (χ2v) is 6.41. The lowest BCUT2D eigenvalue weighted by Crippen LogP contribution is -2.32. The molecule has 18 heavy (non-hydrogen) atoms. The van der Waals surface area contributed by atoms with Crippen molar-refractivity contribution in [2.24, 2.45) is 5.92 Å². The number of hydrogen-bond acceptors (Lipinski definition) is 4. The van der Waals surface area contributed by atoms with Crippen LogP contribution in [0.4, 0.5) is 11.6 Å². The van der Waals surface area contributed by atoms with Gasteiger partial charge in [-0.2, -0.15) is 0 Å². The van der Waals surface area contributed by atoms with Gasteiger partial charge in [-0.1, -0.05) is 20.8 Å². The number of nitrogens with zero attached hydrogens (tertiary/aromatic N) is 3. The largest absolute Gasteiger partial charge is 0.384 e. The monoisotopic (exact) mass is 248 g/mol. The smallest absolute Gasteiger partial charge is 0.138 e. The molecule has 1 aliphatic carbocycles. The third kappa shape index (κ3) is 2.74. The van der Waals surface area contributed by atoms with Gasteiger partial charge in [0.25, 0.3) is 0 Å². The molecule has 0 aromatic carbocycles. The summed E-state index contributed by atoms with van der Waals surface area (Å²) in [6.45, 7) is 8.58. The summed E-state index contributed by atoms with van der Waals surface area (Å²) in [4.78, 5) is 11.2. The summed E-state index contributed by atoms with van der Waals surface area (Å²) in [6, 6.07) is 2.39. The van der Waals surface area contributed by atoms with E-state index >= 15 is 0 Å². The van der Waals surface area contributed by atoms with E-state index in [0.29, 0.717) is 11.9 Å². The summed E-state index contributed by atoms with van der Waals surface area (Å²) in [5.41, 5.74) is 5.83. The maximum absolute atomic E-state index is 5.91. The van der Waals surface area contributed by atoms with E-state index in [1.54, 1.807) is 0 Å².